The molecule has 17 heavy (non-hydrogen) atoms. The molecule has 0 radical (unpaired) electrons. The van der Waals surface area contributed by atoms with Crippen molar-refractivity contribution in [3.05, 3.63) is 32.4 Å². The summed E-state index contributed by atoms with van der Waals surface area (Å²) < 4.78 is 0.903. The Bertz CT molecular complexity index is 398. The highest BCUT2D eigenvalue weighted by Crippen LogP contribution is 2.17. The molecule has 1 rings (SSSR count). The Labute approximate surface area is 120 Å². The van der Waals surface area contributed by atoms with Crippen molar-refractivity contribution < 1.29 is 4.79 Å². The van der Waals surface area contributed by atoms with E-state index in [1.165, 1.54) is 0 Å². The van der Waals surface area contributed by atoms with Gasteiger partial charge in [0, 0.05) is 21.2 Å². The maximum atomic E-state index is 11.9. The van der Waals surface area contributed by atoms with Crippen molar-refractivity contribution in [3.63, 3.8) is 0 Å². The van der Waals surface area contributed by atoms with Gasteiger partial charge in [-0.3, -0.25) is 4.79 Å². The molecule has 0 aliphatic rings. The number of likely N-dealkylation sites (N-methyl/N-ethyl adjacent to an activating group) is 1. The van der Waals surface area contributed by atoms with Crippen LogP contribution in [-0.4, -0.2) is 25.0 Å². The van der Waals surface area contributed by atoms with E-state index in [2.05, 4.69) is 33.2 Å². The zero-order valence-electron chi connectivity index (χ0n) is 9.89. The Morgan fingerprint density at radius 3 is 2.88 bits per heavy atom. The normalized spacial score (nSPS) is 12.2. The lowest BCUT2D eigenvalue weighted by Gasteiger charge is -2.13. The minimum Gasteiger partial charge on any atom is -0.350 e. The van der Waals surface area contributed by atoms with Crippen LogP contribution in [0.5, 0.6) is 0 Å². The average molecular weight is 367 g/mol. The number of halogens is 2. The van der Waals surface area contributed by atoms with Gasteiger partial charge >= 0.3 is 0 Å². The van der Waals surface area contributed by atoms with Gasteiger partial charge in [0.2, 0.25) is 0 Å². The minimum absolute atomic E-state index is 0.0818. The van der Waals surface area contributed by atoms with Gasteiger partial charge in [0.25, 0.3) is 5.91 Å². The second kappa shape index (κ2) is 7.18. The predicted molar refractivity (Wildman–Crippen MR) is 79.6 cm³/mol. The largest absolute Gasteiger partial charge is 0.350 e. The van der Waals surface area contributed by atoms with Crippen molar-refractivity contribution in [1.82, 2.24) is 10.6 Å². The Morgan fingerprint density at radius 2 is 2.24 bits per heavy atom. The van der Waals surface area contributed by atoms with Crippen molar-refractivity contribution in [2.75, 3.05) is 13.1 Å². The Morgan fingerprint density at radius 1 is 1.53 bits per heavy atom. The molecule has 0 heterocycles. The van der Waals surface area contributed by atoms with Crippen LogP contribution in [-0.2, 0) is 0 Å². The Balaban J connectivity index is 2.61. The van der Waals surface area contributed by atoms with Crippen LogP contribution in [0.2, 0.25) is 5.02 Å². The van der Waals surface area contributed by atoms with Crippen LogP contribution < -0.4 is 10.6 Å². The summed E-state index contributed by atoms with van der Waals surface area (Å²) in [7, 11) is 0. The molecule has 0 saturated heterocycles. The lowest BCUT2D eigenvalue weighted by Crippen LogP contribution is -2.39. The minimum atomic E-state index is -0.0818. The van der Waals surface area contributed by atoms with E-state index < -0.39 is 0 Å². The van der Waals surface area contributed by atoms with Crippen LogP contribution >= 0.6 is 34.2 Å². The summed E-state index contributed by atoms with van der Waals surface area (Å²) in [4.78, 5) is 11.9. The molecule has 1 amide bonds. The van der Waals surface area contributed by atoms with Gasteiger partial charge in [0.1, 0.15) is 0 Å². The molecule has 0 fully saturated rings. The third-order valence-corrected chi connectivity index (χ3v) is 3.47. The molecule has 1 aromatic rings. The first-order chi connectivity index (χ1) is 8.04. The number of benzene rings is 1. The Hall–Kier alpha value is -0.330. The molecule has 2 N–H and O–H groups in total. The first-order valence-corrected chi connectivity index (χ1v) is 6.97. The standard InChI is InChI=1S/C12H16ClIN2O/c1-3-15-8(2)7-16-12(17)10-6-9(13)4-5-11(10)14/h4-6,8,15H,3,7H2,1-2H3,(H,16,17)/t8-/m1/s1. The fourth-order valence-electron chi connectivity index (χ4n) is 1.43. The van der Waals surface area contributed by atoms with Gasteiger partial charge in [-0.2, -0.15) is 0 Å². The van der Waals surface area contributed by atoms with Crippen LogP contribution in [0.1, 0.15) is 24.2 Å². The van der Waals surface area contributed by atoms with Gasteiger partial charge in [-0.25, -0.2) is 0 Å². The van der Waals surface area contributed by atoms with Crippen LogP contribution in [0.25, 0.3) is 0 Å². The number of nitrogens with one attached hydrogen (secondary N) is 2. The van der Waals surface area contributed by atoms with Crippen molar-refractivity contribution in [2.45, 2.75) is 19.9 Å². The number of carbonyl (C=O) groups excluding carboxylic acids is 1. The Kier molecular flexibility index (Phi) is 6.22. The van der Waals surface area contributed by atoms with Crippen molar-refractivity contribution >= 4 is 40.1 Å². The van der Waals surface area contributed by atoms with E-state index in [9.17, 15) is 4.79 Å². The third-order valence-electron chi connectivity index (χ3n) is 2.29. The summed E-state index contributed by atoms with van der Waals surface area (Å²) in [5.41, 5.74) is 0.627. The predicted octanol–water partition coefficient (Wildman–Crippen LogP) is 2.67. The fourth-order valence-corrected chi connectivity index (χ4v) is 2.19. The number of rotatable bonds is 5. The molecule has 0 aromatic heterocycles. The molecule has 94 valence electrons. The summed E-state index contributed by atoms with van der Waals surface area (Å²) in [6, 6.07) is 5.57. The quantitative estimate of drug-likeness (QED) is 0.787. The van der Waals surface area contributed by atoms with E-state index >= 15 is 0 Å². The summed E-state index contributed by atoms with van der Waals surface area (Å²) in [5.74, 6) is -0.0818. The molecule has 0 aliphatic carbocycles. The molecule has 0 aliphatic heterocycles. The molecule has 3 nitrogen and oxygen atoms in total. The molecule has 0 spiro atoms. The zero-order chi connectivity index (χ0) is 12.8. The lowest BCUT2D eigenvalue weighted by molar-refractivity contribution is 0.0949. The van der Waals surface area contributed by atoms with Gasteiger partial charge < -0.3 is 10.6 Å². The molecular weight excluding hydrogens is 351 g/mol. The molecule has 1 aromatic carbocycles. The van der Waals surface area contributed by atoms with Gasteiger partial charge in [-0.1, -0.05) is 18.5 Å². The number of amides is 1. The van der Waals surface area contributed by atoms with Crippen LogP contribution in [0, 0.1) is 3.57 Å². The highest BCUT2D eigenvalue weighted by atomic mass is 127. The molecule has 0 bridgehead atoms. The van der Waals surface area contributed by atoms with E-state index in [-0.39, 0.29) is 11.9 Å². The first-order valence-electron chi connectivity index (χ1n) is 5.51. The van der Waals surface area contributed by atoms with E-state index in [0.717, 1.165) is 10.1 Å². The highest BCUT2D eigenvalue weighted by Gasteiger charge is 2.11. The van der Waals surface area contributed by atoms with Crippen molar-refractivity contribution in [2.24, 2.45) is 0 Å². The maximum absolute atomic E-state index is 11.9. The topological polar surface area (TPSA) is 41.1 Å². The second-order valence-corrected chi connectivity index (χ2v) is 5.39. The van der Waals surface area contributed by atoms with Gasteiger partial charge in [-0.15, -0.1) is 0 Å². The number of hydrogen-bond acceptors (Lipinski definition) is 2. The van der Waals surface area contributed by atoms with Crippen LogP contribution in [0.15, 0.2) is 18.2 Å². The summed E-state index contributed by atoms with van der Waals surface area (Å²) >= 11 is 8.01. The number of carbonyl (C=O) groups is 1. The fraction of sp³-hybridized carbons (Fsp3) is 0.417. The smallest absolute Gasteiger partial charge is 0.252 e. The van der Waals surface area contributed by atoms with E-state index in [1.807, 2.05) is 19.9 Å². The molecule has 0 saturated carbocycles. The molecule has 1 atom stereocenters. The monoisotopic (exact) mass is 366 g/mol. The maximum Gasteiger partial charge on any atom is 0.252 e. The van der Waals surface area contributed by atoms with Crippen LogP contribution in [0.3, 0.4) is 0 Å². The van der Waals surface area contributed by atoms with Gasteiger partial charge in [-0.05, 0) is 54.3 Å². The first kappa shape index (κ1) is 14.7. The lowest BCUT2D eigenvalue weighted by atomic mass is 10.2. The number of hydrogen-bond donors (Lipinski definition) is 2. The van der Waals surface area contributed by atoms with E-state index in [1.54, 1.807) is 12.1 Å². The van der Waals surface area contributed by atoms with Gasteiger partial charge in [0.05, 0.1) is 5.56 Å². The second-order valence-electron chi connectivity index (χ2n) is 3.79. The third kappa shape index (κ3) is 4.81. The average Bonchev–Trinajstić information content (AvgIpc) is 2.29. The molecular formula is C12H16ClIN2O. The van der Waals surface area contributed by atoms with E-state index in [0.29, 0.717) is 17.1 Å². The highest BCUT2D eigenvalue weighted by molar-refractivity contribution is 14.1. The van der Waals surface area contributed by atoms with Crippen LogP contribution in [0.4, 0.5) is 0 Å². The summed E-state index contributed by atoms with van der Waals surface area (Å²) in [6.45, 7) is 5.58. The van der Waals surface area contributed by atoms with Crippen molar-refractivity contribution in [3.8, 4) is 0 Å². The molecule has 0 unspecified atom stereocenters. The zero-order valence-corrected chi connectivity index (χ0v) is 12.8. The SMILES string of the molecule is CCN[C@H](C)CNC(=O)c1cc(Cl)ccc1I. The van der Waals surface area contributed by atoms with E-state index in [4.69, 9.17) is 11.6 Å². The molecule has 5 heteroatoms. The summed E-state index contributed by atoms with van der Waals surface area (Å²) in [6.07, 6.45) is 0. The summed E-state index contributed by atoms with van der Waals surface area (Å²) in [5, 5.41) is 6.70. The van der Waals surface area contributed by atoms with Crippen molar-refractivity contribution in [1.29, 1.82) is 0 Å². The van der Waals surface area contributed by atoms with Gasteiger partial charge in [0.15, 0.2) is 0 Å².